The van der Waals surface area contributed by atoms with E-state index in [2.05, 4.69) is 10.6 Å². The molecule has 6 N–H and O–H groups in total. The topological polar surface area (TPSA) is 131 Å². The number of amides is 2. The first-order chi connectivity index (χ1) is 8.51. The van der Waals surface area contributed by atoms with Gasteiger partial charge in [0.25, 0.3) is 0 Å². The number of carbonyl (C=O) groups excluding carboxylic acids is 1. The minimum absolute atomic E-state index is 0.215. The van der Waals surface area contributed by atoms with E-state index in [1.54, 1.807) is 0 Å². The molecule has 1 rings (SSSR count). The SMILES string of the molecule is O=C(NCCF)NC1C(O)OC(CO)C(O)C1O. The van der Waals surface area contributed by atoms with Crippen molar-refractivity contribution >= 4 is 6.03 Å². The maximum Gasteiger partial charge on any atom is 0.315 e. The van der Waals surface area contributed by atoms with Crippen LogP contribution in [0.3, 0.4) is 0 Å². The molecule has 5 unspecified atom stereocenters. The third-order valence-electron chi connectivity index (χ3n) is 2.58. The van der Waals surface area contributed by atoms with Crippen molar-refractivity contribution in [2.24, 2.45) is 0 Å². The molecule has 5 atom stereocenters. The van der Waals surface area contributed by atoms with Gasteiger partial charge in [0.2, 0.25) is 0 Å². The van der Waals surface area contributed by atoms with Crippen LogP contribution in [0.2, 0.25) is 0 Å². The van der Waals surface area contributed by atoms with Crippen molar-refractivity contribution in [1.29, 1.82) is 0 Å². The number of nitrogens with one attached hydrogen (secondary N) is 2. The van der Waals surface area contributed by atoms with Gasteiger partial charge in [-0.2, -0.15) is 0 Å². The van der Waals surface area contributed by atoms with Crippen LogP contribution in [0.5, 0.6) is 0 Å². The Balaban J connectivity index is 2.57. The predicted octanol–water partition coefficient (Wildman–Crippen LogP) is -2.94. The first kappa shape index (κ1) is 15.1. The van der Waals surface area contributed by atoms with Gasteiger partial charge in [-0.15, -0.1) is 0 Å². The van der Waals surface area contributed by atoms with Gasteiger partial charge in [-0.3, -0.25) is 0 Å². The van der Waals surface area contributed by atoms with E-state index in [-0.39, 0.29) is 6.54 Å². The summed E-state index contributed by atoms with van der Waals surface area (Å²) in [5.41, 5.74) is 0. The Bertz CT molecular complexity index is 282. The van der Waals surface area contributed by atoms with Crippen LogP contribution in [0.25, 0.3) is 0 Å². The molecular weight excluding hydrogens is 251 g/mol. The standard InChI is InChI=1S/C9H17FN2O6/c10-1-2-11-9(17)12-5-7(15)6(14)4(3-13)18-8(5)16/h4-8,13-16H,1-3H2,(H2,11,12,17). The number of carbonyl (C=O) groups is 1. The summed E-state index contributed by atoms with van der Waals surface area (Å²) >= 11 is 0. The van der Waals surface area contributed by atoms with Gasteiger partial charge in [-0.1, -0.05) is 0 Å². The Kier molecular flexibility index (Phi) is 5.69. The van der Waals surface area contributed by atoms with Crippen LogP contribution in [0.1, 0.15) is 0 Å². The maximum atomic E-state index is 11.8. The van der Waals surface area contributed by atoms with Crippen molar-refractivity contribution < 1.29 is 34.3 Å². The average Bonchev–Trinajstić information content (AvgIpc) is 2.36. The number of hydrogen-bond acceptors (Lipinski definition) is 6. The van der Waals surface area contributed by atoms with E-state index < -0.39 is 50.0 Å². The number of aliphatic hydroxyl groups excluding tert-OH is 4. The molecule has 2 amide bonds. The molecule has 1 fully saturated rings. The maximum absolute atomic E-state index is 11.8. The second kappa shape index (κ2) is 6.81. The molecular formula is C9H17FN2O6. The zero-order valence-electron chi connectivity index (χ0n) is 9.49. The Labute approximate surface area is 102 Å². The summed E-state index contributed by atoms with van der Waals surface area (Å²) in [5.74, 6) is 0. The summed E-state index contributed by atoms with van der Waals surface area (Å²) in [6.07, 6.45) is -5.69. The molecule has 1 heterocycles. The fourth-order valence-corrected chi connectivity index (χ4v) is 1.62. The van der Waals surface area contributed by atoms with Gasteiger partial charge >= 0.3 is 6.03 Å². The van der Waals surface area contributed by atoms with Crippen molar-refractivity contribution in [3.8, 4) is 0 Å². The molecule has 0 saturated carbocycles. The molecule has 0 aromatic carbocycles. The highest BCUT2D eigenvalue weighted by Gasteiger charge is 2.44. The second-order valence-electron chi connectivity index (χ2n) is 3.84. The monoisotopic (exact) mass is 268 g/mol. The smallest absolute Gasteiger partial charge is 0.315 e. The molecule has 8 nitrogen and oxygen atoms in total. The highest BCUT2D eigenvalue weighted by atomic mass is 19.1. The third kappa shape index (κ3) is 3.50. The van der Waals surface area contributed by atoms with E-state index >= 15 is 0 Å². The minimum Gasteiger partial charge on any atom is -0.394 e. The zero-order valence-corrected chi connectivity index (χ0v) is 9.49. The number of rotatable bonds is 4. The largest absolute Gasteiger partial charge is 0.394 e. The molecule has 1 aliphatic rings. The molecule has 1 aliphatic heterocycles. The number of hydrogen-bond donors (Lipinski definition) is 6. The van der Waals surface area contributed by atoms with Gasteiger partial charge < -0.3 is 35.8 Å². The molecule has 0 aromatic heterocycles. The number of aliphatic hydroxyl groups is 4. The summed E-state index contributed by atoms with van der Waals surface area (Å²) < 4.78 is 16.6. The van der Waals surface area contributed by atoms with Gasteiger partial charge in [-0.05, 0) is 0 Å². The van der Waals surface area contributed by atoms with Gasteiger partial charge in [-0.25, -0.2) is 9.18 Å². The molecule has 106 valence electrons. The highest BCUT2D eigenvalue weighted by molar-refractivity contribution is 5.74. The van der Waals surface area contributed by atoms with E-state index in [9.17, 15) is 24.5 Å². The molecule has 0 bridgehead atoms. The van der Waals surface area contributed by atoms with Crippen LogP contribution in [-0.4, -0.2) is 76.9 Å². The summed E-state index contributed by atoms with van der Waals surface area (Å²) in [6.45, 7) is -1.56. The lowest BCUT2D eigenvalue weighted by Gasteiger charge is -2.40. The number of halogens is 1. The van der Waals surface area contributed by atoms with Gasteiger partial charge in [0.05, 0.1) is 6.61 Å². The summed E-state index contributed by atoms with van der Waals surface area (Å²) in [7, 11) is 0. The number of alkyl halides is 1. The minimum atomic E-state index is -1.59. The van der Waals surface area contributed by atoms with Crippen molar-refractivity contribution in [2.45, 2.75) is 30.6 Å². The lowest BCUT2D eigenvalue weighted by Crippen LogP contribution is -2.65. The van der Waals surface area contributed by atoms with Crippen LogP contribution < -0.4 is 10.6 Å². The molecule has 0 radical (unpaired) electrons. The summed E-state index contributed by atoms with van der Waals surface area (Å²) in [6, 6.07) is -2.09. The lowest BCUT2D eigenvalue weighted by atomic mass is 9.97. The van der Waals surface area contributed by atoms with Crippen molar-refractivity contribution in [3.05, 3.63) is 0 Å². The van der Waals surface area contributed by atoms with E-state index in [4.69, 9.17) is 9.84 Å². The fraction of sp³-hybridized carbons (Fsp3) is 0.889. The predicted molar refractivity (Wildman–Crippen MR) is 56.3 cm³/mol. The quantitative estimate of drug-likeness (QED) is 0.323. The van der Waals surface area contributed by atoms with Gasteiger partial charge in [0.1, 0.15) is 31.0 Å². The van der Waals surface area contributed by atoms with Crippen molar-refractivity contribution in [3.63, 3.8) is 0 Å². The Morgan fingerprint density at radius 1 is 1.28 bits per heavy atom. The van der Waals surface area contributed by atoms with E-state index in [0.29, 0.717) is 0 Å². The van der Waals surface area contributed by atoms with Crippen LogP contribution in [0.4, 0.5) is 9.18 Å². The molecule has 1 saturated heterocycles. The normalized spacial score (nSPS) is 36.2. The average molecular weight is 268 g/mol. The van der Waals surface area contributed by atoms with E-state index in [0.717, 1.165) is 0 Å². The Morgan fingerprint density at radius 2 is 1.94 bits per heavy atom. The molecule has 0 aliphatic carbocycles. The lowest BCUT2D eigenvalue weighted by molar-refractivity contribution is -0.252. The van der Waals surface area contributed by atoms with Gasteiger partial charge in [0, 0.05) is 6.54 Å². The Morgan fingerprint density at radius 3 is 2.50 bits per heavy atom. The Hall–Kier alpha value is -1.00. The second-order valence-corrected chi connectivity index (χ2v) is 3.84. The van der Waals surface area contributed by atoms with Crippen LogP contribution in [0.15, 0.2) is 0 Å². The van der Waals surface area contributed by atoms with E-state index in [1.165, 1.54) is 0 Å². The zero-order chi connectivity index (χ0) is 13.7. The number of urea groups is 1. The van der Waals surface area contributed by atoms with Crippen LogP contribution in [0, 0.1) is 0 Å². The summed E-state index contributed by atoms with van der Waals surface area (Å²) in [4.78, 5) is 11.2. The van der Waals surface area contributed by atoms with E-state index in [1.807, 2.05) is 0 Å². The fourth-order valence-electron chi connectivity index (χ4n) is 1.62. The first-order valence-corrected chi connectivity index (χ1v) is 5.42. The third-order valence-corrected chi connectivity index (χ3v) is 2.58. The van der Waals surface area contributed by atoms with Crippen molar-refractivity contribution in [1.82, 2.24) is 10.6 Å². The van der Waals surface area contributed by atoms with Crippen LogP contribution >= 0.6 is 0 Å². The first-order valence-electron chi connectivity index (χ1n) is 5.42. The molecule has 0 spiro atoms. The van der Waals surface area contributed by atoms with Crippen LogP contribution in [-0.2, 0) is 4.74 Å². The molecule has 18 heavy (non-hydrogen) atoms. The highest BCUT2D eigenvalue weighted by Crippen LogP contribution is 2.19. The van der Waals surface area contributed by atoms with Gasteiger partial charge in [0.15, 0.2) is 6.29 Å². The molecule has 0 aromatic rings. The summed E-state index contributed by atoms with van der Waals surface area (Å²) in [5, 5.41) is 41.8. The number of ether oxygens (including phenoxy) is 1. The molecule has 9 heteroatoms. The van der Waals surface area contributed by atoms with Crippen molar-refractivity contribution in [2.75, 3.05) is 19.8 Å².